The van der Waals surface area contributed by atoms with Gasteiger partial charge in [0.1, 0.15) is 0 Å². The molecule has 0 bridgehead atoms. The molecular formula is C5H13O3PS. The Morgan fingerprint density at radius 2 is 1.60 bits per heavy atom. The molecule has 0 unspecified atom stereocenters. The lowest BCUT2D eigenvalue weighted by Crippen LogP contribution is -2.02. The summed E-state index contributed by atoms with van der Waals surface area (Å²) in [7, 11) is 2.99. The summed E-state index contributed by atoms with van der Waals surface area (Å²) >= 11 is 4.92. The predicted molar refractivity (Wildman–Crippen MR) is 44.5 cm³/mol. The SMILES string of the molecule is COP(=S)(OC)OC(C)C. The van der Waals surface area contributed by atoms with E-state index in [-0.39, 0.29) is 6.10 Å². The molecule has 0 rings (SSSR count). The van der Waals surface area contributed by atoms with E-state index in [1.165, 1.54) is 14.2 Å². The first-order chi connectivity index (χ1) is 4.54. The van der Waals surface area contributed by atoms with Gasteiger partial charge in [-0.1, -0.05) is 0 Å². The average molecular weight is 184 g/mol. The van der Waals surface area contributed by atoms with Gasteiger partial charge in [-0.15, -0.1) is 0 Å². The third-order valence-electron chi connectivity index (χ3n) is 0.787. The van der Waals surface area contributed by atoms with Crippen LogP contribution in [0.25, 0.3) is 0 Å². The first kappa shape index (κ1) is 10.5. The summed E-state index contributed by atoms with van der Waals surface area (Å²) in [6.45, 7) is 1.37. The van der Waals surface area contributed by atoms with Crippen molar-refractivity contribution in [1.29, 1.82) is 0 Å². The van der Waals surface area contributed by atoms with Crippen molar-refractivity contribution in [2.45, 2.75) is 20.0 Å². The minimum absolute atomic E-state index is 0.0470. The molecule has 0 heterocycles. The van der Waals surface area contributed by atoms with Gasteiger partial charge in [0, 0.05) is 14.2 Å². The Labute approximate surface area is 66.9 Å². The summed E-state index contributed by atoms with van der Waals surface area (Å²) in [5.74, 6) is 0. The third kappa shape index (κ3) is 3.64. The van der Waals surface area contributed by atoms with Crippen molar-refractivity contribution in [2.75, 3.05) is 14.2 Å². The van der Waals surface area contributed by atoms with Gasteiger partial charge in [0.25, 0.3) is 0 Å². The minimum Gasteiger partial charge on any atom is -0.312 e. The Kier molecular flexibility index (Phi) is 4.65. The van der Waals surface area contributed by atoms with E-state index < -0.39 is 6.72 Å². The van der Waals surface area contributed by atoms with Gasteiger partial charge in [0.05, 0.1) is 6.10 Å². The molecule has 0 radical (unpaired) electrons. The van der Waals surface area contributed by atoms with Crippen LogP contribution in [0.4, 0.5) is 0 Å². The highest BCUT2D eigenvalue weighted by Gasteiger charge is 2.17. The summed E-state index contributed by atoms with van der Waals surface area (Å²) in [6.07, 6.45) is 0.0470. The first-order valence-electron chi connectivity index (χ1n) is 2.94. The van der Waals surface area contributed by atoms with Crippen molar-refractivity contribution < 1.29 is 13.6 Å². The fourth-order valence-electron chi connectivity index (χ4n) is 0.419. The molecule has 0 aromatic rings. The molecule has 10 heavy (non-hydrogen) atoms. The van der Waals surface area contributed by atoms with Crippen LogP contribution in [-0.4, -0.2) is 20.3 Å². The first-order valence-corrected chi connectivity index (χ1v) is 5.49. The average Bonchev–Trinajstić information content (AvgIpc) is 1.87. The summed E-state index contributed by atoms with van der Waals surface area (Å²) in [4.78, 5) is 0. The predicted octanol–water partition coefficient (Wildman–Crippen LogP) is 1.93. The van der Waals surface area contributed by atoms with Crippen LogP contribution in [0, 0.1) is 0 Å². The molecule has 0 atom stereocenters. The second-order valence-corrected chi connectivity index (χ2v) is 5.14. The van der Waals surface area contributed by atoms with Crippen molar-refractivity contribution in [3.8, 4) is 0 Å². The molecule has 3 nitrogen and oxygen atoms in total. The largest absolute Gasteiger partial charge is 0.326 e. The molecule has 0 aliphatic heterocycles. The summed E-state index contributed by atoms with van der Waals surface area (Å²) in [6, 6.07) is 0. The molecule has 0 amide bonds. The normalized spacial score (nSPS) is 12.5. The molecule has 5 heteroatoms. The van der Waals surface area contributed by atoms with Crippen molar-refractivity contribution in [3.63, 3.8) is 0 Å². The van der Waals surface area contributed by atoms with E-state index in [1.54, 1.807) is 0 Å². The lowest BCUT2D eigenvalue weighted by molar-refractivity contribution is 0.164. The van der Waals surface area contributed by atoms with Crippen LogP contribution in [0.2, 0.25) is 0 Å². The van der Waals surface area contributed by atoms with Crippen LogP contribution in [0.3, 0.4) is 0 Å². The summed E-state index contributed by atoms with van der Waals surface area (Å²) < 4.78 is 15.0. The van der Waals surface area contributed by atoms with Crippen LogP contribution in [0.1, 0.15) is 13.8 Å². The van der Waals surface area contributed by atoms with E-state index in [1.807, 2.05) is 13.8 Å². The van der Waals surface area contributed by atoms with Gasteiger partial charge in [-0.2, -0.15) is 0 Å². The van der Waals surface area contributed by atoms with Gasteiger partial charge in [0.15, 0.2) is 0 Å². The Bertz CT molecular complexity index is 129. The number of rotatable bonds is 4. The summed E-state index contributed by atoms with van der Waals surface area (Å²) in [5, 5.41) is 0. The van der Waals surface area contributed by atoms with Gasteiger partial charge in [-0.25, -0.2) is 0 Å². The summed E-state index contributed by atoms with van der Waals surface area (Å²) in [5.41, 5.74) is 0. The fourth-order valence-corrected chi connectivity index (χ4v) is 1.77. The molecule has 0 spiro atoms. The second-order valence-electron chi connectivity index (χ2n) is 1.97. The highest BCUT2D eigenvalue weighted by Crippen LogP contribution is 2.48. The van der Waals surface area contributed by atoms with Gasteiger partial charge in [-0.05, 0) is 25.7 Å². The molecular weight excluding hydrogens is 171 g/mol. The van der Waals surface area contributed by atoms with E-state index in [0.29, 0.717) is 0 Å². The molecule has 0 fully saturated rings. The third-order valence-corrected chi connectivity index (χ3v) is 3.51. The van der Waals surface area contributed by atoms with E-state index >= 15 is 0 Å². The maximum Gasteiger partial charge on any atom is 0.326 e. The number of hydrogen-bond acceptors (Lipinski definition) is 4. The van der Waals surface area contributed by atoms with Crippen molar-refractivity contribution in [3.05, 3.63) is 0 Å². The van der Waals surface area contributed by atoms with E-state index in [2.05, 4.69) is 0 Å². The maximum atomic E-state index is 5.22. The lowest BCUT2D eigenvalue weighted by Gasteiger charge is -2.19. The van der Waals surface area contributed by atoms with Gasteiger partial charge in [-0.3, -0.25) is 0 Å². The minimum atomic E-state index is -2.40. The van der Waals surface area contributed by atoms with Gasteiger partial charge in [0.2, 0.25) is 0 Å². The fraction of sp³-hybridized carbons (Fsp3) is 1.00. The Morgan fingerprint density at radius 1 is 1.20 bits per heavy atom. The molecule has 0 N–H and O–H groups in total. The van der Waals surface area contributed by atoms with Crippen molar-refractivity contribution in [2.24, 2.45) is 0 Å². The monoisotopic (exact) mass is 184 g/mol. The molecule has 0 aromatic carbocycles. The molecule has 0 aliphatic rings. The Balaban J connectivity index is 3.94. The smallest absolute Gasteiger partial charge is 0.312 e. The Hall–Kier alpha value is 0.530. The van der Waals surface area contributed by atoms with Crippen LogP contribution in [0.15, 0.2) is 0 Å². The van der Waals surface area contributed by atoms with Crippen LogP contribution >= 0.6 is 6.72 Å². The van der Waals surface area contributed by atoms with Gasteiger partial charge >= 0.3 is 6.72 Å². The van der Waals surface area contributed by atoms with Gasteiger partial charge < -0.3 is 13.6 Å². The number of hydrogen-bond donors (Lipinski definition) is 0. The highest BCUT2D eigenvalue weighted by molar-refractivity contribution is 8.07. The zero-order valence-corrected chi connectivity index (χ0v) is 8.37. The van der Waals surface area contributed by atoms with E-state index in [4.69, 9.17) is 25.4 Å². The van der Waals surface area contributed by atoms with Crippen molar-refractivity contribution in [1.82, 2.24) is 0 Å². The van der Waals surface area contributed by atoms with E-state index in [9.17, 15) is 0 Å². The van der Waals surface area contributed by atoms with Crippen LogP contribution in [0.5, 0.6) is 0 Å². The zero-order valence-electron chi connectivity index (χ0n) is 6.66. The van der Waals surface area contributed by atoms with E-state index in [0.717, 1.165) is 0 Å². The molecule has 0 saturated heterocycles. The molecule has 0 saturated carbocycles. The molecule has 0 aromatic heterocycles. The molecule has 0 aliphatic carbocycles. The molecule has 62 valence electrons. The maximum absolute atomic E-state index is 5.22. The quantitative estimate of drug-likeness (QED) is 0.624. The Morgan fingerprint density at radius 3 is 1.70 bits per heavy atom. The second kappa shape index (κ2) is 4.42. The topological polar surface area (TPSA) is 27.7 Å². The van der Waals surface area contributed by atoms with Crippen LogP contribution in [-0.2, 0) is 25.4 Å². The standard InChI is InChI=1S/C5H13O3PS/c1-5(2)8-9(10,6-3)7-4/h5H,1-4H3. The van der Waals surface area contributed by atoms with Crippen molar-refractivity contribution >= 4 is 18.5 Å². The lowest BCUT2D eigenvalue weighted by atomic mass is 10.5. The van der Waals surface area contributed by atoms with Crippen LogP contribution < -0.4 is 0 Å². The highest BCUT2D eigenvalue weighted by atomic mass is 32.5. The zero-order chi connectivity index (χ0) is 8.20.